The predicted molar refractivity (Wildman–Crippen MR) is 83.1 cm³/mol. The summed E-state index contributed by atoms with van der Waals surface area (Å²) < 4.78 is 37.6. The summed E-state index contributed by atoms with van der Waals surface area (Å²) >= 11 is -1.70. The number of benzene rings is 1. The van der Waals surface area contributed by atoms with Gasteiger partial charge in [0, 0.05) is 0 Å². The van der Waals surface area contributed by atoms with Crippen LogP contribution in [0, 0.1) is 11.3 Å². The van der Waals surface area contributed by atoms with Crippen molar-refractivity contribution < 1.29 is 23.0 Å². The van der Waals surface area contributed by atoms with Crippen molar-refractivity contribution in [3.8, 4) is 11.8 Å². The number of alkyl halides is 3. The normalized spacial score (nSPS) is 11.6. The third-order valence-electron chi connectivity index (χ3n) is 2.17. The largest absolute Gasteiger partial charge is 0.514 e. The van der Waals surface area contributed by atoms with Crippen LogP contribution in [0.3, 0.4) is 0 Å². The first-order valence-corrected chi connectivity index (χ1v) is 8.42. The zero-order valence-electron chi connectivity index (χ0n) is 11.7. The fourth-order valence-electron chi connectivity index (χ4n) is 1.34. The summed E-state index contributed by atoms with van der Waals surface area (Å²) in [5, 5.41) is 8.82. The van der Waals surface area contributed by atoms with Gasteiger partial charge in [-0.3, -0.25) is 0 Å². The van der Waals surface area contributed by atoms with Crippen molar-refractivity contribution in [2.75, 3.05) is 0 Å². The molecule has 0 aliphatic heterocycles. The van der Waals surface area contributed by atoms with Crippen molar-refractivity contribution in [2.24, 2.45) is 0 Å². The fourth-order valence-corrected chi connectivity index (χ4v) is 2.20. The highest BCUT2D eigenvalue weighted by Gasteiger charge is 2.33. The SMILES string of the molecule is C=IC(F)(F)c1ccc(C#N)cc1OC(=O)OC(C)(C)C. The Bertz CT molecular complexity index is 603. The van der Waals surface area contributed by atoms with E-state index in [4.69, 9.17) is 14.7 Å². The molecule has 0 bridgehead atoms. The van der Waals surface area contributed by atoms with Crippen LogP contribution in [0.25, 0.3) is 0 Å². The molecule has 0 atom stereocenters. The number of carbonyl (C=O) groups is 1. The minimum atomic E-state index is -3.16. The summed E-state index contributed by atoms with van der Waals surface area (Å²) in [6.07, 6.45) is -1.10. The molecular formula is C14H14F2INO3. The van der Waals surface area contributed by atoms with Crippen molar-refractivity contribution >= 4 is 31.4 Å². The molecule has 7 heteroatoms. The third kappa shape index (κ3) is 5.04. The molecule has 0 saturated heterocycles. The zero-order valence-corrected chi connectivity index (χ0v) is 13.9. The molecule has 0 unspecified atom stereocenters. The molecule has 1 rings (SSSR count). The molecule has 1 aromatic rings. The van der Waals surface area contributed by atoms with Gasteiger partial charge in [-0.25, -0.2) is 4.79 Å². The lowest BCUT2D eigenvalue weighted by molar-refractivity contribution is 0.0195. The van der Waals surface area contributed by atoms with Gasteiger partial charge < -0.3 is 9.47 Å². The van der Waals surface area contributed by atoms with Crippen LogP contribution in [0.2, 0.25) is 0 Å². The summed E-state index contributed by atoms with van der Waals surface area (Å²) in [4.78, 5) is 11.6. The van der Waals surface area contributed by atoms with Crippen LogP contribution in [0.1, 0.15) is 31.9 Å². The Kier molecular flexibility index (Phi) is 5.39. The zero-order chi connectivity index (χ0) is 16.3. The quantitative estimate of drug-likeness (QED) is 0.323. The van der Waals surface area contributed by atoms with Crippen LogP contribution < -0.4 is 4.74 Å². The summed E-state index contributed by atoms with van der Waals surface area (Å²) in [6, 6.07) is 5.20. The van der Waals surface area contributed by atoms with Crippen LogP contribution in [-0.4, -0.2) is 16.3 Å². The number of halogens is 3. The van der Waals surface area contributed by atoms with Crippen LogP contribution in [0.5, 0.6) is 5.75 Å². The number of hydrogen-bond donors (Lipinski definition) is 0. The maximum Gasteiger partial charge on any atom is 0.514 e. The number of nitrogens with zero attached hydrogens (tertiary/aromatic N) is 1. The van der Waals surface area contributed by atoms with Crippen LogP contribution in [-0.2, 0) is 8.67 Å². The lowest BCUT2D eigenvalue weighted by Crippen LogP contribution is -2.26. The number of rotatable bonds is 3. The average Bonchev–Trinajstić information content (AvgIpc) is 2.36. The van der Waals surface area contributed by atoms with Gasteiger partial charge in [-0.15, -0.1) is 0 Å². The Balaban J connectivity index is 3.17. The van der Waals surface area contributed by atoms with E-state index in [1.54, 1.807) is 26.8 Å². The van der Waals surface area contributed by atoms with Crippen molar-refractivity contribution in [1.29, 1.82) is 5.26 Å². The van der Waals surface area contributed by atoms with Crippen molar-refractivity contribution in [3.63, 3.8) is 0 Å². The number of ether oxygens (including phenoxy) is 2. The second-order valence-corrected chi connectivity index (χ2v) is 7.14. The molecule has 21 heavy (non-hydrogen) atoms. The summed E-state index contributed by atoms with van der Waals surface area (Å²) in [7, 11) is 0. The van der Waals surface area contributed by atoms with Gasteiger partial charge in [0.25, 0.3) is 0 Å². The maximum absolute atomic E-state index is 13.8. The van der Waals surface area contributed by atoms with Crippen LogP contribution >= 0.6 is 20.7 Å². The minimum absolute atomic E-state index is 0.107. The predicted octanol–water partition coefficient (Wildman–Crippen LogP) is 4.32. The Labute approximate surface area is 131 Å². The highest BCUT2D eigenvalue weighted by molar-refractivity contribution is 14.2. The second kappa shape index (κ2) is 6.47. The van der Waals surface area contributed by atoms with Crippen LogP contribution in [0.15, 0.2) is 18.2 Å². The molecule has 114 valence electrons. The van der Waals surface area contributed by atoms with E-state index in [0.29, 0.717) is 0 Å². The monoisotopic (exact) mass is 409 g/mol. The third-order valence-corrected chi connectivity index (χ3v) is 3.71. The van der Waals surface area contributed by atoms with E-state index >= 15 is 0 Å². The van der Waals surface area contributed by atoms with Crippen molar-refractivity contribution in [3.05, 3.63) is 29.3 Å². The van der Waals surface area contributed by atoms with E-state index in [1.165, 1.54) is 6.07 Å². The average molecular weight is 409 g/mol. The number of nitriles is 1. The van der Waals surface area contributed by atoms with Gasteiger partial charge in [0.15, 0.2) is 0 Å². The van der Waals surface area contributed by atoms with E-state index in [-0.39, 0.29) is 11.3 Å². The van der Waals surface area contributed by atoms with Crippen molar-refractivity contribution in [2.45, 2.75) is 30.3 Å². The molecule has 0 saturated carbocycles. The van der Waals surface area contributed by atoms with Gasteiger partial charge in [-0.2, -0.15) is 14.0 Å². The van der Waals surface area contributed by atoms with Gasteiger partial charge in [-0.05, 0) is 59.7 Å². The molecule has 0 spiro atoms. The van der Waals surface area contributed by atoms with E-state index in [1.807, 2.05) is 0 Å². The Morgan fingerprint density at radius 3 is 2.48 bits per heavy atom. The van der Waals surface area contributed by atoms with Crippen LogP contribution in [0.4, 0.5) is 13.6 Å². The highest BCUT2D eigenvalue weighted by Crippen LogP contribution is 2.43. The lowest BCUT2D eigenvalue weighted by atomic mass is 10.1. The molecule has 0 N–H and O–H groups in total. The molecule has 0 amide bonds. The van der Waals surface area contributed by atoms with E-state index < -0.39 is 42.0 Å². The van der Waals surface area contributed by atoms with Crippen molar-refractivity contribution in [1.82, 2.24) is 0 Å². The fraction of sp³-hybridized carbons (Fsp3) is 0.357. The molecule has 0 radical (unpaired) electrons. The van der Waals surface area contributed by atoms with Gasteiger partial charge in [0.2, 0.25) is 0 Å². The maximum atomic E-state index is 13.8. The summed E-state index contributed by atoms with van der Waals surface area (Å²) in [5.74, 6) is -0.378. The highest BCUT2D eigenvalue weighted by atomic mass is 127. The standard InChI is InChI=1S/C14H14F2INO3/c1-13(2,3)21-12(19)20-11-7-9(8-18)5-6-10(11)14(15,16)17-4/h5-7H,4H2,1-3H3. The molecule has 0 aliphatic carbocycles. The Morgan fingerprint density at radius 1 is 1.38 bits per heavy atom. The number of carbonyl (C=O) groups excluding carboxylic acids is 1. The molecule has 0 heterocycles. The van der Waals surface area contributed by atoms with Gasteiger partial charge in [-0.1, -0.05) is 4.51 Å². The smallest absolute Gasteiger partial charge is 0.428 e. The summed E-state index contributed by atoms with van der Waals surface area (Å²) in [6.45, 7) is 4.87. The summed E-state index contributed by atoms with van der Waals surface area (Å²) in [5.41, 5.74) is -1.17. The lowest BCUT2D eigenvalue weighted by Gasteiger charge is -2.20. The van der Waals surface area contributed by atoms with Gasteiger partial charge >= 0.3 is 10.1 Å². The topological polar surface area (TPSA) is 59.3 Å². The molecular weight excluding hydrogens is 395 g/mol. The molecule has 1 aromatic carbocycles. The Morgan fingerprint density at radius 2 is 2.00 bits per heavy atom. The Hall–Kier alpha value is -1.56. The van der Waals surface area contributed by atoms with E-state index in [0.717, 1.165) is 12.1 Å². The molecule has 4 nitrogen and oxygen atoms in total. The van der Waals surface area contributed by atoms with E-state index in [2.05, 4.69) is 4.51 Å². The van der Waals surface area contributed by atoms with Gasteiger partial charge in [0.05, 0.1) is 17.2 Å². The molecule has 0 aromatic heterocycles. The first kappa shape index (κ1) is 17.5. The molecule has 0 aliphatic rings. The molecule has 0 fully saturated rings. The van der Waals surface area contributed by atoms with E-state index in [9.17, 15) is 13.6 Å². The van der Waals surface area contributed by atoms with Gasteiger partial charge in [0.1, 0.15) is 11.4 Å². The second-order valence-electron chi connectivity index (χ2n) is 5.02. The first-order valence-electron chi connectivity index (χ1n) is 5.82. The minimum Gasteiger partial charge on any atom is -0.428 e. The number of hydrogen-bond acceptors (Lipinski definition) is 4. The first-order chi connectivity index (χ1) is 9.59.